The second kappa shape index (κ2) is 9.77. The normalized spacial score (nSPS) is 21.7. The lowest BCUT2D eigenvalue weighted by Gasteiger charge is -2.31. The standard InChI is InChI=1S/C18H27N3S.HI/c1-2-19-18(20-16-7-6-8-16)21-12-11-15(13-21)14-22-17-9-4-3-5-10-17;/h3-5,9-10,15-16H,2,6-8,11-14H2,1H3,(H,19,20);1H. The number of rotatable bonds is 5. The second-order valence-electron chi connectivity index (χ2n) is 6.29. The zero-order valence-corrected chi connectivity index (χ0v) is 17.1. The Bertz CT molecular complexity index is 490. The van der Waals surface area contributed by atoms with Crippen LogP contribution in [0, 0.1) is 5.92 Å². The molecule has 1 saturated carbocycles. The predicted octanol–water partition coefficient (Wildman–Crippen LogP) is 4.24. The van der Waals surface area contributed by atoms with Crippen molar-refractivity contribution in [2.75, 3.05) is 25.4 Å². The van der Waals surface area contributed by atoms with Gasteiger partial charge in [0.1, 0.15) is 0 Å². The van der Waals surface area contributed by atoms with E-state index in [0.29, 0.717) is 6.04 Å². The average Bonchev–Trinajstić information content (AvgIpc) is 2.97. The van der Waals surface area contributed by atoms with Gasteiger partial charge >= 0.3 is 0 Å². The van der Waals surface area contributed by atoms with E-state index in [9.17, 15) is 0 Å². The van der Waals surface area contributed by atoms with Crippen molar-refractivity contribution in [2.24, 2.45) is 10.9 Å². The lowest BCUT2D eigenvalue weighted by Crippen LogP contribution is -2.47. The molecule has 3 nitrogen and oxygen atoms in total. The molecule has 1 aliphatic heterocycles. The molecule has 2 aliphatic rings. The van der Waals surface area contributed by atoms with Crippen LogP contribution in [0.3, 0.4) is 0 Å². The summed E-state index contributed by atoms with van der Waals surface area (Å²) >= 11 is 1.99. The van der Waals surface area contributed by atoms with Crippen LogP contribution in [0.4, 0.5) is 0 Å². The van der Waals surface area contributed by atoms with Gasteiger partial charge < -0.3 is 10.2 Å². The Labute approximate surface area is 161 Å². The van der Waals surface area contributed by atoms with Gasteiger partial charge in [0.25, 0.3) is 0 Å². The zero-order valence-electron chi connectivity index (χ0n) is 13.9. The highest BCUT2D eigenvalue weighted by molar-refractivity contribution is 14.0. The lowest BCUT2D eigenvalue weighted by molar-refractivity contribution is 0.359. The van der Waals surface area contributed by atoms with Gasteiger partial charge in [-0.15, -0.1) is 35.7 Å². The molecule has 0 aromatic heterocycles. The van der Waals surface area contributed by atoms with Crippen molar-refractivity contribution < 1.29 is 0 Å². The van der Waals surface area contributed by atoms with Crippen LogP contribution in [0.15, 0.2) is 40.2 Å². The molecule has 1 aromatic rings. The Hall–Kier alpha value is -0.430. The highest BCUT2D eigenvalue weighted by Gasteiger charge is 2.27. The molecular weight excluding hydrogens is 417 g/mol. The molecule has 128 valence electrons. The third kappa shape index (κ3) is 5.55. The molecule has 5 heteroatoms. The molecule has 0 radical (unpaired) electrons. The van der Waals surface area contributed by atoms with Crippen LogP contribution in [0.1, 0.15) is 32.6 Å². The summed E-state index contributed by atoms with van der Waals surface area (Å²) in [6, 6.07) is 11.4. The van der Waals surface area contributed by atoms with Crippen molar-refractivity contribution in [1.29, 1.82) is 0 Å². The number of guanidine groups is 1. The van der Waals surface area contributed by atoms with Crippen LogP contribution in [-0.2, 0) is 0 Å². The number of hydrogen-bond acceptors (Lipinski definition) is 2. The van der Waals surface area contributed by atoms with Crippen molar-refractivity contribution >= 4 is 41.7 Å². The summed E-state index contributed by atoms with van der Waals surface area (Å²) in [6.07, 6.45) is 5.27. The van der Waals surface area contributed by atoms with E-state index in [1.54, 1.807) is 0 Å². The number of nitrogens with one attached hydrogen (secondary N) is 1. The fraction of sp³-hybridized carbons (Fsp3) is 0.611. The van der Waals surface area contributed by atoms with E-state index in [0.717, 1.165) is 31.5 Å². The number of hydrogen-bond donors (Lipinski definition) is 1. The van der Waals surface area contributed by atoms with Crippen LogP contribution >= 0.6 is 35.7 Å². The highest BCUT2D eigenvalue weighted by Crippen LogP contribution is 2.26. The number of thioether (sulfide) groups is 1. The zero-order chi connectivity index (χ0) is 15.2. The van der Waals surface area contributed by atoms with Crippen molar-refractivity contribution in [2.45, 2.75) is 43.5 Å². The van der Waals surface area contributed by atoms with E-state index >= 15 is 0 Å². The third-order valence-electron chi connectivity index (χ3n) is 4.56. The minimum absolute atomic E-state index is 0. The maximum atomic E-state index is 4.71. The largest absolute Gasteiger partial charge is 0.354 e. The van der Waals surface area contributed by atoms with Gasteiger partial charge in [0, 0.05) is 36.3 Å². The summed E-state index contributed by atoms with van der Waals surface area (Å²) in [5.41, 5.74) is 0. The summed E-state index contributed by atoms with van der Waals surface area (Å²) in [5.74, 6) is 3.14. The van der Waals surface area contributed by atoms with Gasteiger partial charge in [0.05, 0.1) is 0 Å². The quantitative estimate of drug-likeness (QED) is 0.318. The van der Waals surface area contributed by atoms with E-state index in [1.165, 1.54) is 36.3 Å². The Morgan fingerprint density at radius 1 is 1.26 bits per heavy atom. The third-order valence-corrected chi connectivity index (χ3v) is 5.80. The van der Waals surface area contributed by atoms with E-state index in [1.807, 2.05) is 11.8 Å². The topological polar surface area (TPSA) is 27.6 Å². The molecule has 23 heavy (non-hydrogen) atoms. The Morgan fingerprint density at radius 3 is 2.70 bits per heavy atom. The SMILES string of the molecule is CCN=C(NC1CCC1)N1CCC(CSc2ccccc2)C1.I. The van der Waals surface area contributed by atoms with Gasteiger partial charge in [-0.2, -0.15) is 0 Å². The van der Waals surface area contributed by atoms with Crippen LogP contribution in [0.5, 0.6) is 0 Å². The molecule has 0 bridgehead atoms. The number of halogens is 1. The van der Waals surface area contributed by atoms with E-state index < -0.39 is 0 Å². The van der Waals surface area contributed by atoms with Crippen LogP contribution in [-0.4, -0.2) is 42.3 Å². The van der Waals surface area contributed by atoms with Crippen molar-refractivity contribution in [3.05, 3.63) is 30.3 Å². The molecule has 2 fully saturated rings. The highest BCUT2D eigenvalue weighted by atomic mass is 127. The first-order valence-electron chi connectivity index (χ1n) is 8.59. The molecule has 0 spiro atoms. The predicted molar refractivity (Wildman–Crippen MR) is 111 cm³/mol. The molecule has 0 amide bonds. The first-order chi connectivity index (χ1) is 10.8. The first-order valence-corrected chi connectivity index (χ1v) is 9.57. The molecule has 3 rings (SSSR count). The van der Waals surface area contributed by atoms with Crippen molar-refractivity contribution in [3.63, 3.8) is 0 Å². The van der Waals surface area contributed by atoms with Crippen LogP contribution in [0.25, 0.3) is 0 Å². The van der Waals surface area contributed by atoms with E-state index in [2.05, 4.69) is 47.5 Å². The molecule has 1 N–H and O–H groups in total. The summed E-state index contributed by atoms with van der Waals surface area (Å²) in [6.45, 7) is 5.30. The Morgan fingerprint density at radius 2 is 2.04 bits per heavy atom. The molecular formula is C18H28IN3S. The summed E-state index contributed by atoms with van der Waals surface area (Å²) in [5, 5.41) is 3.66. The smallest absolute Gasteiger partial charge is 0.194 e. The van der Waals surface area contributed by atoms with Gasteiger partial charge in [0.15, 0.2) is 5.96 Å². The van der Waals surface area contributed by atoms with E-state index in [-0.39, 0.29) is 24.0 Å². The van der Waals surface area contributed by atoms with Crippen LogP contribution < -0.4 is 5.32 Å². The fourth-order valence-corrected chi connectivity index (χ4v) is 4.06. The monoisotopic (exact) mass is 445 g/mol. The van der Waals surface area contributed by atoms with Crippen molar-refractivity contribution in [3.8, 4) is 0 Å². The van der Waals surface area contributed by atoms with Gasteiger partial charge in [-0.3, -0.25) is 4.99 Å². The van der Waals surface area contributed by atoms with Gasteiger partial charge in [-0.25, -0.2) is 0 Å². The average molecular weight is 445 g/mol. The lowest BCUT2D eigenvalue weighted by atomic mass is 9.93. The molecule has 1 saturated heterocycles. The first kappa shape index (κ1) is 18.9. The number of nitrogens with zero attached hydrogens (tertiary/aromatic N) is 2. The minimum atomic E-state index is 0. The van der Waals surface area contributed by atoms with Crippen molar-refractivity contribution in [1.82, 2.24) is 10.2 Å². The summed E-state index contributed by atoms with van der Waals surface area (Å²) < 4.78 is 0. The molecule has 1 heterocycles. The molecule has 1 aromatic carbocycles. The molecule has 1 atom stereocenters. The Kier molecular flexibility index (Phi) is 8.03. The maximum absolute atomic E-state index is 4.71. The van der Waals surface area contributed by atoms with Crippen LogP contribution in [0.2, 0.25) is 0 Å². The Balaban J connectivity index is 0.00000192. The van der Waals surface area contributed by atoms with Gasteiger partial charge in [-0.1, -0.05) is 18.2 Å². The van der Waals surface area contributed by atoms with E-state index in [4.69, 9.17) is 4.99 Å². The second-order valence-corrected chi connectivity index (χ2v) is 7.39. The summed E-state index contributed by atoms with van der Waals surface area (Å²) in [4.78, 5) is 8.56. The van der Waals surface area contributed by atoms with Gasteiger partial charge in [-0.05, 0) is 50.7 Å². The summed E-state index contributed by atoms with van der Waals surface area (Å²) in [7, 11) is 0. The number of likely N-dealkylation sites (tertiary alicyclic amines) is 1. The minimum Gasteiger partial charge on any atom is -0.354 e. The molecule has 1 aliphatic carbocycles. The fourth-order valence-electron chi connectivity index (χ4n) is 3.01. The number of aliphatic imine (C=N–C) groups is 1. The maximum Gasteiger partial charge on any atom is 0.194 e. The number of benzene rings is 1. The molecule has 1 unspecified atom stereocenters. The van der Waals surface area contributed by atoms with Gasteiger partial charge in [0.2, 0.25) is 0 Å².